The minimum absolute atomic E-state index is 0.256. The highest BCUT2D eigenvalue weighted by Gasteiger charge is 2.27. The molecule has 2 aromatic carbocycles. The molecule has 2 aliphatic rings. The van der Waals surface area contributed by atoms with Crippen molar-refractivity contribution in [1.29, 1.82) is 0 Å². The van der Waals surface area contributed by atoms with Gasteiger partial charge in [0.1, 0.15) is 6.29 Å². The number of thioether (sulfide) groups is 1. The highest BCUT2D eigenvalue weighted by molar-refractivity contribution is 8.03. The number of likely N-dealkylation sites (N-methyl/N-ethyl adjacent to an activating group) is 1. The Labute approximate surface area is 198 Å². The fourth-order valence-electron chi connectivity index (χ4n) is 4.11. The zero-order valence-electron chi connectivity index (χ0n) is 17.6. The zero-order valence-corrected chi connectivity index (χ0v) is 20.0. The van der Waals surface area contributed by atoms with Gasteiger partial charge in [-0.3, -0.25) is 4.90 Å². The van der Waals surface area contributed by atoms with Crippen LogP contribution in [0.3, 0.4) is 0 Å². The molecule has 4 rings (SSSR count). The minimum Gasteiger partial charge on any atom is -0.368 e. The van der Waals surface area contributed by atoms with Gasteiger partial charge in [0.15, 0.2) is 0 Å². The third-order valence-corrected chi connectivity index (χ3v) is 7.73. The van der Waals surface area contributed by atoms with Crippen LogP contribution in [0.5, 0.6) is 0 Å². The average Bonchev–Trinajstić information content (AvgIpc) is 2.78. The summed E-state index contributed by atoms with van der Waals surface area (Å²) in [5.74, 6) is 0.953. The van der Waals surface area contributed by atoms with Gasteiger partial charge < -0.3 is 14.6 Å². The molecule has 164 valence electrons. The molecule has 0 aromatic heterocycles. The van der Waals surface area contributed by atoms with Crippen molar-refractivity contribution in [1.82, 2.24) is 9.80 Å². The number of carbonyl (C=O) groups excluding carboxylic acids is 1. The molecule has 0 radical (unpaired) electrons. The van der Waals surface area contributed by atoms with E-state index in [1.165, 1.54) is 11.3 Å². The van der Waals surface area contributed by atoms with Crippen LogP contribution in [0.1, 0.15) is 11.1 Å². The SMILES string of the molecule is CN1CCN(c2ccccc2C=C2SCCN(Cc3ccc(Cl)c(Cl)c3)C2C=O)CC1. The summed E-state index contributed by atoms with van der Waals surface area (Å²) in [5.41, 5.74) is 3.48. The average molecular weight is 476 g/mol. The van der Waals surface area contributed by atoms with E-state index in [4.69, 9.17) is 23.2 Å². The van der Waals surface area contributed by atoms with Crippen molar-refractivity contribution in [3.05, 3.63) is 68.5 Å². The fraction of sp³-hybridized carbons (Fsp3) is 0.375. The van der Waals surface area contributed by atoms with Gasteiger partial charge in [0.25, 0.3) is 0 Å². The predicted octanol–water partition coefficient (Wildman–Crippen LogP) is 4.90. The van der Waals surface area contributed by atoms with Crippen molar-refractivity contribution < 1.29 is 4.79 Å². The minimum atomic E-state index is -0.256. The van der Waals surface area contributed by atoms with E-state index in [9.17, 15) is 4.79 Å². The molecule has 0 bridgehead atoms. The molecule has 7 heteroatoms. The van der Waals surface area contributed by atoms with Crippen LogP contribution in [0.25, 0.3) is 6.08 Å². The van der Waals surface area contributed by atoms with E-state index in [1.807, 2.05) is 18.2 Å². The van der Waals surface area contributed by atoms with E-state index in [2.05, 4.69) is 52.1 Å². The molecule has 2 aliphatic heterocycles. The van der Waals surface area contributed by atoms with Gasteiger partial charge >= 0.3 is 0 Å². The van der Waals surface area contributed by atoms with Crippen LogP contribution < -0.4 is 4.90 Å². The highest BCUT2D eigenvalue weighted by Crippen LogP contribution is 2.34. The summed E-state index contributed by atoms with van der Waals surface area (Å²) >= 11 is 14.0. The van der Waals surface area contributed by atoms with Gasteiger partial charge in [0, 0.05) is 55.6 Å². The van der Waals surface area contributed by atoms with Gasteiger partial charge in [0.2, 0.25) is 0 Å². The number of nitrogens with zero attached hydrogens (tertiary/aromatic N) is 3. The maximum atomic E-state index is 12.1. The van der Waals surface area contributed by atoms with Crippen LogP contribution in [0.15, 0.2) is 47.4 Å². The third-order valence-electron chi connectivity index (χ3n) is 5.91. The molecular weight excluding hydrogens is 449 g/mol. The van der Waals surface area contributed by atoms with E-state index in [0.717, 1.165) is 55.2 Å². The third kappa shape index (κ3) is 5.47. The van der Waals surface area contributed by atoms with Gasteiger partial charge in [-0.2, -0.15) is 0 Å². The van der Waals surface area contributed by atoms with Crippen molar-refractivity contribution in [2.45, 2.75) is 12.6 Å². The van der Waals surface area contributed by atoms with Crippen molar-refractivity contribution in [2.75, 3.05) is 50.4 Å². The topological polar surface area (TPSA) is 26.8 Å². The first kappa shape index (κ1) is 22.7. The van der Waals surface area contributed by atoms with Gasteiger partial charge in [-0.05, 0) is 42.4 Å². The summed E-state index contributed by atoms with van der Waals surface area (Å²) in [4.78, 5) is 20.3. The lowest BCUT2D eigenvalue weighted by Crippen LogP contribution is -2.44. The van der Waals surface area contributed by atoms with Crippen molar-refractivity contribution >= 4 is 53.0 Å². The first-order valence-electron chi connectivity index (χ1n) is 10.6. The number of hydrogen-bond donors (Lipinski definition) is 0. The van der Waals surface area contributed by atoms with Crippen molar-refractivity contribution in [2.24, 2.45) is 0 Å². The van der Waals surface area contributed by atoms with Crippen molar-refractivity contribution in [3.63, 3.8) is 0 Å². The Morgan fingerprint density at radius 3 is 2.55 bits per heavy atom. The zero-order chi connectivity index (χ0) is 21.8. The molecule has 31 heavy (non-hydrogen) atoms. The lowest BCUT2D eigenvalue weighted by molar-refractivity contribution is -0.111. The Balaban J connectivity index is 1.57. The molecule has 1 atom stereocenters. The smallest absolute Gasteiger partial charge is 0.142 e. The standard InChI is InChI=1S/C24H27Cl2N3OS/c1-27-8-10-28(11-9-27)22-5-3-2-4-19(22)15-24-23(17-30)29(12-13-31-24)16-18-6-7-20(25)21(26)14-18/h2-7,14-15,17,23H,8-13,16H2,1H3. The Morgan fingerprint density at radius 1 is 1.03 bits per heavy atom. The lowest BCUT2D eigenvalue weighted by Gasteiger charge is -2.36. The van der Waals surface area contributed by atoms with E-state index in [1.54, 1.807) is 11.8 Å². The second-order valence-electron chi connectivity index (χ2n) is 8.04. The highest BCUT2D eigenvalue weighted by atomic mass is 35.5. The molecule has 0 saturated carbocycles. The number of benzene rings is 2. The Kier molecular flexibility index (Phi) is 7.62. The van der Waals surface area contributed by atoms with Crippen LogP contribution in [0.2, 0.25) is 10.0 Å². The van der Waals surface area contributed by atoms with Crippen LogP contribution >= 0.6 is 35.0 Å². The number of rotatable bonds is 5. The maximum absolute atomic E-state index is 12.1. The monoisotopic (exact) mass is 475 g/mol. The molecule has 0 amide bonds. The molecule has 2 fully saturated rings. The van der Waals surface area contributed by atoms with Crippen LogP contribution in [-0.4, -0.2) is 67.7 Å². The van der Waals surface area contributed by atoms with Gasteiger partial charge in [-0.25, -0.2) is 0 Å². The lowest BCUT2D eigenvalue weighted by atomic mass is 10.1. The largest absolute Gasteiger partial charge is 0.368 e. The molecule has 4 nitrogen and oxygen atoms in total. The fourth-order valence-corrected chi connectivity index (χ4v) is 5.58. The quantitative estimate of drug-likeness (QED) is 0.572. The van der Waals surface area contributed by atoms with Crippen LogP contribution in [0.4, 0.5) is 5.69 Å². The molecule has 2 heterocycles. The van der Waals surface area contributed by atoms with Gasteiger partial charge in [-0.15, -0.1) is 11.8 Å². The second-order valence-corrected chi connectivity index (χ2v) is 10.0. The van der Waals surface area contributed by atoms with E-state index >= 15 is 0 Å². The van der Waals surface area contributed by atoms with Crippen LogP contribution in [-0.2, 0) is 11.3 Å². The Bertz CT molecular complexity index is 960. The molecule has 2 aromatic rings. The number of aldehydes is 1. The second kappa shape index (κ2) is 10.4. The summed E-state index contributed by atoms with van der Waals surface area (Å²) in [7, 11) is 2.17. The molecule has 0 aliphatic carbocycles. The van der Waals surface area contributed by atoms with Gasteiger partial charge in [0.05, 0.1) is 16.1 Å². The van der Waals surface area contributed by atoms with E-state index in [0.29, 0.717) is 16.6 Å². The normalized spacial score (nSPS) is 22.1. The van der Waals surface area contributed by atoms with E-state index in [-0.39, 0.29) is 6.04 Å². The predicted molar refractivity (Wildman–Crippen MR) is 133 cm³/mol. The molecule has 0 N–H and O–H groups in total. The molecule has 2 saturated heterocycles. The molecule has 1 unspecified atom stereocenters. The summed E-state index contributed by atoms with van der Waals surface area (Å²) in [6, 6.07) is 13.9. The summed E-state index contributed by atoms with van der Waals surface area (Å²) in [5, 5.41) is 1.10. The number of para-hydroxylation sites is 1. The summed E-state index contributed by atoms with van der Waals surface area (Å²) in [6.07, 6.45) is 3.27. The molecular formula is C24H27Cl2N3OS. The first-order valence-corrected chi connectivity index (χ1v) is 12.3. The van der Waals surface area contributed by atoms with E-state index < -0.39 is 0 Å². The number of carbonyl (C=O) groups is 1. The maximum Gasteiger partial charge on any atom is 0.142 e. The Hall–Kier alpha value is -1.50. The first-order chi connectivity index (χ1) is 15.0. The summed E-state index contributed by atoms with van der Waals surface area (Å²) in [6.45, 7) is 5.68. The van der Waals surface area contributed by atoms with Crippen molar-refractivity contribution in [3.8, 4) is 0 Å². The Morgan fingerprint density at radius 2 is 1.81 bits per heavy atom. The number of hydrogen-bond acceptors (Lipinski definition) is 5. The number of anilines is 1. The van der Waals surface area contributed by atoms with Gasteiger partial charge in [-0.1, -0.05) is 47.5 Å². The number of piperazine rings is 1. The van der Waals surface area contributed by atoms with Crippen LogP contribution in [0, 0.1) is 0 Å². The molecule has 0 spiro atoms. The number of halogens is 2. The summed E-state index contributed by atoms with van der Waals surface area (Å²) < 4.78 is 0.